The van der Waals surface area contributed by atoms with E-state index in [0.717, 1.165) is 24.1 Å². The Morgan fingerprint density at radius 3 is 2.79 bits per heavy atom. The number of nitrogens with one attached hydrogen (secondary N) is 2. The van der Waals surface area contributed by atoms with E-state index in [9.17, 15) is 9.59 Å². The van der Waals surface area contributed by atoms with Crippen molar-refractivity contribution in [2.24, 2.45) is 0 Å². The number of aromatic amines is 1. The summed E-state index contributed by atoms with van der Waals surface area (Å²) in [5.74, 6) is 0.120. The molecule has 0 radical (unpaired) electrons. The fourth-order valence-corrected chi connectivity index (χ4v) is 2.65. The Hall–Kier alpha value is -2.70. The van der Waals surface area contributed by atoms with Gasteiger partial charge < -0.3 is 10.2 Å². The van der Waals surface area contributed by atoms with Crippen molar-refractivity contribution in [1.82, 2.24) is 20.3 Å². The van der Waals surface area contributed by atoms with Crippen molar-refractivity contribution in [3.63, 3.8) is 0 Å². The third kappa shape index (κ3) is 3.61. The van der Waals surface area contributed by atoms with Gasteiger partial charge in [0.05, 0.1) is 5.69 Å². The average molecular weight is 327 g/mol. The first-order chi connectivity index (χ1) is 11.6. The lowest BCUT2D eigenvalue weighted by molar-refractivity contribution is -0.129. The first kappa shape index (κ1) is 16.2. The van der Waals surface area contributed by atoms with Gasteiger partial charge >= 0.3 is 0 Å². The number of H-pyrrole nitrogens is 1. The zero-order valence-corrected chi connectivity index (χ0v) is 13.9. The van der Waals surface area contributed by atoms with Crippen LogP contribution in [0, 0.1) is 0 Å². The highest BCUT2D eigenvalue weighted by Crippen LogP contribution is 2.40. The number of hydrogen-bond acceptors (Lipinski definition) is 4. The number of amides is 2. The van der Waals surface area contributed by atoms with Gasteiger partial charge in [0, 0.05) is 31.6 Å². The smallest absolute Gasteiger partial charge is 0.278 e. The summed E-state index contributed by atoms with van der Waals surface area (Å²) in [6, 6.07) is 7.50. The SMILES string of the molecule is CCN(Cc1cccc(NC(=O)c2n[nH]nc2C2CC2)c1)C(C)=O. The Morgan fingerprint density at radius 1 is 1.33 bits per heavy atom. The number of hydrogen-bond donors (Lipinski definition) is 2. The molecule has 1 saturated carbocycles. The first-order valence-electron chi connectivity index (χ1n) is 8.15. The summed E-state index contributed by atoms with van der Waals surface area (Å²) < 4.78 is 0. The van der Waals surface area contributed by atoms with Gasteiger partial charge in [0.2, 0.25) is 5.91 Å². The molecule has 7 nitrogen and oxygen atoms in total. The van der Waals surface area contributed by atoms with E-state index in [4.69, 9.17) is 0 Å². The van der Waals surface area contributed by atoms with Crippen LogP contribution in [0.3, 0.4) is 0 Å². The molecule has 2 N–H and O–H groups in total. The summed E-state index contributed by atoms with van der Waals surface area (Å²) in [5.41, 5.74) is 2.76. The predicted molar refractivity (Wildman–Crippen MR) is 89.5 cm³/mol. The lowest BCUT2D eigenvalue weighted by Gasteiger charge is -2.19. The summed E-state index contributed by atoms with van der Waals surface area (Å²) >= 11 is 0. The van der Waals surface area contributed by atoms with Gasteiger partial charge in [0.1, 0.15) is 0 Å². The van der Waals surface area contributed by atoms with Crippen LogP contribution in [-0.4, -0.2) is 38.7 Å². The van der Waals surface area contributed by atoms with Gasteiger partial charge in [-0.15, -0.1) is 0 Å². The zero-order chi connectivity index (χ0) is 17.1. The van der Waals surface area contributed by atoms with Crippen LogP contribution in [0.2, 0.25) is 0 Å². The van der Waals surface area contributed by atoms with Crippen molar-refractivity contribution in [3.05, 3.63) is 41.2 Å². The quantitative estimate of drug-likeness (QED) is 0.851. The minimum atomic E-state index is -0.262. The highest BCUT2D eigenvalue weighted by atomic mass is 16.2. The zero-order valence-electron chi connectivity index (χ0n) is 13.9. The average Bonchev–Trinajstić information content (AvgIpc) is 3.29. The predicted octanol–water partition coefficient (Wildman–Crippen LogP) is 2.30. The van der Waals surface area contributed by atoms with Gasteiger partial charge in [-0.2, -0.15) is 15.4 Å². The van der Waals surface area contributed by atoms with E-state index >= 15 is 0 Å². The van der Waals surface area contributed by atoms with Crippen molar-refractivity contribution in [2.75, 3.05) is 11.9 Å². The van der Waals surface area contributed by atoms with Crippen LogP contribution in [0.25, 0.3) is 0 Å². The number of aromatic nitrogens is 3. The van der Waals surface area contributed by atoms with E-state index in [1.807, 2.05) is 31.2 Å². The van der Waals surface area contributed by atoms with Crippen molar-refractivity contribution >= 4 is 17.5 Å². The Labute approximate surface area is 140 Å². The molecule has 0 spiro atoms. The van der Waals surface area contributed by atoms with Gasteiger partial charge in [-0.25, -0.2) is 0 Å². The van der Waals surface area contributed by atoms with Gasteiger partial charge in [-0.05, 0) is 37.5 Å². The van der Waals surface area contributed by atoms with Crippen LogP contribution in [0.1, 0.15) is 54.4 Å². The molecule has 1 aromatic carbocycles. The third-order valence-corrected chi connectivity index (χ3v) is 4.14. The Balaban J connectivity index is 1.71. The van der Waals surface area contributed by atoms with Crippen molar-refractivity contribution in [3.8, 4) is 0 Å². The lowest BCUT2D eigenvalue weighted by Crippen LogP contribution is -2.27. The second-order valence-corrected chi connectivity index (χ2v) is 6.02. The van der Waals surface area contributed by atoms with Gasteiger partial charge in [-0.1, -0.05) is 12.1 Å². The molecule has 2 aromatic rings. The van der Waals surface area contributed by atoms with Crippen LogP contribution >= 0.6 is 0 Å². The fraction of sp³-hybridized carbons (Fsp3) is 0.412. The fourth-order valence-electron chi connectivity index (χ4n) is 2.65. The minimum absolute atomic E-state index is 0.0311. The number of carbonyl (C=O) groups excluding carboxylic acids is 2. The second-order valence-electron chi connectivity index (χ2n) is 6.02. The molecule has 0 unspecified atom stereocenters. The van der Waals surface area contributed by atoms with Crippen molar-refractivity contribution in [1.29, 1.82) is 0 Å². The number of nitrogens with zero attached hydrogens (tertiary/aromatic N) is 3. The summed E-state index contributed by atoms with van der Waals surface area (Å²) in [5, 5.41) is 13.5. The van der Waals surface area contributed by atoms with E-state index in [1.165, 1.54) is 0 Å². The number of carbonyl (C=O) groups is 2. The topological polar surface area (TPSA) is 91.0 Å². The molecule has 3 rings (SSSR count). The maximum absolute atomic E-state index is 12.4. The molecule has 0 aliphatic heterocycles. The molecule has 0 bridgehead atoms. The highest BCUT2D eigenvalue weighted by molar-refractivity contribution is 6.03. The monoisotopic (exact) mass is 327 g/mol. The molecule has 7 heteroatoms. The number of benzene rings is 1. The van der Waals surface area contributed by atoms with Crippen LogP contribution in [0.5, 0.6) is 0 Å². The van der Waals surface area contributed by atoms with E-state index in [0.29, 0.717) is 30.4 Å². The van der Waals surface area contributed by atoms with Gasteiger partial charge in [0.15, 0.2) is 5.69 Å². The molecule has 1 heterocycles. The van der Waals surface area contributed by atoms with E-state index in [-0.39, 0.29) is 11.8 Å². The highest BCUT2D eigenvalue weighted by Gasteiger charge is 2.31. The molecule has 0 saturated heterocycles. The number of rotatable bonds is 6. The minimum Gasteiger partial charge on any atom is -0.339 e. The Bertz CT molecular complexity index is 751. The van der Waals surface area contributed by atoms with Crippen LogP contribution in [0.15, 0.2) is 24.3 Å². The molecule has 1 aliphatic rings. The molecule has 2 amide bonds. The summed E-state index contributed by atoms with van der Waals surface area (Å²) in [6.45, 7) is 4.67. The van der Waals surface area contributed by atoms with Gasteiger partial charge in [0.25, 0.3) is 5.91 Å². The van der Waals surface area contributed by atoms with Gasteiger partial charge in [-0.3, -0.25) is 9.59 Å². The van der Waals surface area contributed by atoms with E-state index < -0.39 is 0 Å². The largest absolute Gasteiger partial charge is 0.339 e. The normalized spacial score (nSPS) is 13.6. The molecular formula is C17H21N5O2. The molecule has 24 heavy (non-hydrogen) atoms. The van der Waals surface area contributed by atoms with Crippen LogP contribution < -0.4 is 5.32 Å². The van der Waals surface area contributed by atoms with Crippen LogP contribution in [-0.2, 0) is 11.3 Å². The first-order valence-corrected chi connectivity index (χ1v) is 8.15. The van der Waals surface area contributed by atoms with Crippen molar-refractivity contribution < 1.29 is 9.59 Å². The lowest BCUT2D eigenvalue weighted by atomic mass is 10.1. The maximum Gasteiger partial charge on any atom is 0.278 e. The summed E-state index contributed by atoms with van der Waals surface area (Å²) in [7, 11) is 0. The second kappa shape index (κ2) is 6.82. The third-order valence-electron chi connectivity index (χ3n) is 4.14. The standard InChI is InChI=1S/C17H21N5O2/c1-3-22(11(2)23)10-12-5-4-6-14(9-12)18-17(24)16-15(13-7-8-13)19-21-20-16/h4-6,9,13H,3,7-8,10H2,1-2H3,(H,18,24)(H,19,20,21). The molecule has 0 atom stereocenters. The van der Waals surface area contributed by atoms with Crippen LogP contribution in [0.4, 0.5) is 5.69 Å². The Morgan fingerprint density at radius 2 is 2.12 bits per heavy atom. The molecule has 1 aromatic heterocycles. The molecule has 1 aliphatic carbocycles. The molecule has 1 fully saturated rings. The molecule has 126 valence electrons. The molecular weight excluding hydrogens is 306 g/mol. The van der Waals surface area contributed by atoms with E-state index in [1.54, 1.807) is 11.8 Å². The summed E-state index contributed by atoms with van der Waals surface area (Å²) in [6.07, 6.45) is 2.11. The maximum atomic E-state index is 12.4. The van der Waals surface area contributed by atoms with E-state index in [2.05, 4.69) is 20.7 Å². The summed E-state index contributed by atoms with van der Waals surface area (Å²) in [4.78, 5) is 25.7. The Kier molecular flexibility index (Phi) is 4.59. The van der Waals surface area contributed by atoms with Crippen molar-refractivity contribution in [2.45, 2.75) is 39.2 Å². The number of anilines is 1.